The summed E-state index contributed by atoms with van der Waals surface area (Å²) >= 11 is 0. The molecule has 3 heteroatoms. The molecule has 0 bridgehead atoms. The minimum Gasteiger partial charge on any atom is -0.323 e. The van der Waals surface area contributed by atoms with Crippen molar-refractivity contribution in [2.45, 2.75) is 38.6 Å². The molecule has 0 aliphatic heterocycles. The fraction of sp³-hybridized carbons (Fsp3) is 0.471. The molecule has 0 radical (unpaired) electrons. The topological polar surface area (TPSA) is 29.9 Å². The van der Waals surface area contributed by atoms with E-state index in [4.69, 9.17) is 4.98 Å². The number of aromatic nitrogens is 2. The van der Waals surface area contributed by atoms with Gasteiger partial charge >= 0.3 is 0 Å². The summed E-state index contributed by atoms with van der Waals surface area (Å²) in [4.78, 5) is 4.81. The van der Waals surface area contributed by atoms with Gasteiger partial charge in [-0.2, -0.15) is 0 Å². The summed E-state index contributed by atoms with van der Waals surface area (Å²) in [5, 5.41) is 3.34. The SMILES string of the molecule is CNCC(c1ccccc1)n1c(C)nc2c1CCCC2. The van der Waals surface area contributed by atoms with Gasteiger partial charge in [0.15, 0.2) is 0 Å². The molecule has 0 fully saturated rings. The number of hydrogen-bond donors (Lipinski definition) is 1. The highest BCUT2D eigenvalue weighted by atomic mass is 15.1. The Hall–Kier alpha value is -1.61. The van der Waals surface area contributed by atoms with Crippen molar-refractivity contribution in [3.8, 4) is 0 Å². The van der Waals surface area contributed by atoms with E-state index in [1.54, 1.807) is 0 Å². The predicted molar refractivity (Wildman–Crippen MR) is 82.1 cm³/mol. The summed E-state index contributed by atoms with van der Waals surface area (Å²) in [6.45, 7) is 3.08. The van der Waals surface area contributed by atoms with Crippen molar-refractivity contribution in [1.82, 2.24) is 14.9 Å². The molecule has 1 unspecified atom stereocenters. The second-order valence-corrected chi connectivity index (χ2v) is 5.61. The molecule has 20 heavy (non-hydrogen) atoms. The summed E-state index contributed by atoms with van der Waals surface area (Å²) in [6.07, 6.45) is 4.89. The van der Waals surface area contributed by atoms with Gasteiger partial charge in [-0.05, 0) is 45.2 Å². The first-order valence-electron chi connectivity index (χ1n) is 7.57. The minimum absolute atomic E-state index is 0.343. The van der Waals surface area contributed by atoms with E-state index in [9.17, 15) is 0 Å². The molecule has 0 amide bonds. The zero-order valence-corrected chi connectivity index (χ0v) is 12.4. The Labute approximate surface area is 121 Å². The van der Waals surface area contributed by atoms with E-state index in [0.717, 1.165) is 18.8 Å². The molecule has 1 N–H and O–H groups in total. The number of nitrogens with zero attached hydrogens (tertiary/aromatic N) is 2. The van der Waals surface area contributed by atoms with Crippen LogP contribution in [0.1, 0.15) is 41.7 Å². The first-order chi connectivity index (χ1) is 9.81. The Morgan fingerprint density at radius 3 is 2.70 bits per heavy atom. The van der Waals surface area contributed by atoms with Crippen LogP contribution in [0.2, 0.25) is 0 Å². The van der Waals surface area contributed by atoms with Gasteiger partial charge in [-0.1, -0.05) is 30.3 Å². The zero-order chi connectivity index (χ0) is 13.9. The second kappa shape index (κ2) is 5.80. The number of benzene rings is 1. The third kappa shape index (κ3) is 2.38. The van der Waals surface area contributed by atoms with Crippen LogP contribution in [-0.2, 0) is 12.8 Å². The van der Waals surface area contributed by atoms with Crippen molar-refractivity contribution in [3.05, 3.63) is 53.1 Å². The van der Waals surface area contributed by atoms with Crippen LogP contribution in [-0.4, -0.2) is 23.1 Å². The van der Waals surface area contributed by atoms with Crippen molar-refractivity contribution < 1.29 is 0 Å². The van der Waals surface area contributed by atoms with Crippen LogP contribution in [0.15, 0.2) is 30.3 Å². The Morgan fingerprint density at radius 1 is 1.20 bits per heavy atom. The summed E-state index contributed by atoms with van der Waals surface area (Å²) in [6, 6.07) is 11.1. The largest absolute Gasteiger partial charge is 0.323 e. The van der Waals surface area contributed by atoms with E-state index in [1.807, 2.05) is 7.05 Å². The molecule has 0 saturated carbocycles. The summed E-state index contributed by atoms with van der Waals surface area (Å²) < 4.78 is 2.46. The summed E-state index contributed by atoms with van der Waals surface area (Å²) in [5.74, 6) is 1.15. The Bertz CT molecular complexity index is 571. The molecule has 1 aromatic carbocycles. The molecule has 0 saturated heterocycles. The third-order valence-corrected chi connectivity index (χ3v) is 4.24. The van der Waals surface area contributed by atoms with Crippen LogP contribution in [0.4, 0.5) is 0 Å². The van der Waals surface area contributed by atoms with Crippen LogP contribution in [0.3, 0.4) is 0 Å². The first kappa shape index (κ1) is 13.4. The molecule has 106 valence electrons. The lowest BCUT2D eigenvalue weighted by Crippen LogP contribution is -2.26. The van der Waals surface area contributed by atoms with E-state index in [-0.39, 0.29) is 0 Å². The number of likely N-dealkylation sites (N-methyl/N-ethyl adjacent to an activating group) is 1. The maximum atomic E-state index is 4.81. The number of hydrogen-bond acceptors (Lipinski definition) is 2. The predicted octanol–water partition coefficient (Wildman–Crippen LogP) is 2.88. The quantitative estimate of drug-likeness (QED) is 0.925. The normalized spacial score (nSPS) is 15.9. The molecule has 2 aromatic rings. The Kier molecular flexibility index (Phi) is 3.88. The molecule has 1 aliphatic carbocycles. The van der Waals surface area contributed by atoms with Crippen molar-refractivity contribution >= 4 is 0 Å². The number of rotatable bonds is 4. The molecular formula is C17H23N3. The fourth-order valence-electron chi connectivity index (χ4n) is 3.34. The van der Waals surface area contributed by atoms with Crippen LogP contribution >= 0.6 is 0 Å². The van der Waals surface area contributed by atoms with Crippen molar-refractivity contribution in [3.63, 3.8) is 0 Å². The third-order valence-electron chi connectivity index (χ3n) is 4.24. The highest BCUT2D eigenvalue weighted by molar-refractivity contribution is 5.27. The van der Waals surface area contributed by atoms with Gasteiger partial charge in [0.05, 0.1) is 11.7 Å². The summed E-state index contributed by atoms with van der Waals surface area (Å²) in [5.41, 5.74) is 4.14. The number of imidazole rings is 1. The van der Waals surface area contributed by atoms with E-state index < -0.39 is 0 Å². The maximum Gasteiger partial charge on any atom is 0.106 e. The van der Waals surface area contributed by atoms with E-state index in [2.05, 4.69) is 47.1 Å². The first-order valence-corrected chi connectivity index (χ1v) is 7.57. The van der Waals surface area contributed by atoms with Crippen LogP contribution in [0.25, 0.3) is 0 Å². The molecule has 1 aromatic heterocycles. The Balaban J connectivity index is 2.06. The maximum absolute atomic E-state index is 4.81. The van der Waals surface area contributed by atoms with Gasteiger partial charge in [-0.15, -0.1) is 0 Å². The smallest absolute Gasteiger partial charge is 0.106 e. The number of aryl methyl sites for hydroxylation is 2. The average Bonchev–Trinajstić information content (AvgIpc) is 2.82. The van der Waals surface area contributed by atoms with Crippen molar-refractivity contribution in [2.24, 2.45) is 0 Å². The summed E-state index contributed by atoms with van der Waals surface area (Å²) in [7, 11) is 2.02. The zero-order valence-electron chi connectivity index (χ0n) is 12.4. The number of fused-ring (bicyclic) bond motifs is 1. The monoisotopic (exact) mass is 269 g/mol. The Morgan fingerprint density at radius 2 is 1.95 bits per heavy atom. The molecular weight excluding hydrogens is 246 g/mol. The van der Waals surface area contributed by atoms with Gasteiger partial charge in [-0.3, -0.25) is 0 Å². The highest BCUT2D eigenvalue weighted by Crippen LogP contribution is 2.28. The van der Waals surface area contributed by atoms with Gasteiger partial charge in [0.1, 0.15) is 5.82 Å². The second-order valence-electron chi connectivity index (χ2n) is 5.61. The van der Waals surface area contributed by atoms with Gasteiger partial charge in [0.2, 0.25) is 0 Å². The van der Waals surface area contributed by atoms with E-state index in [1.165, 1.54) is 36.2 Å². The van der Waals surface area contributed by atoms with Gasteiger partial charge in [-0.25, -0.2) is 4.98 Å². The lowest BCUT2D eigenvalue weighted by Gasteiger charge is -2.24. The molecule has 1 heterocycles. The van der Waals surface area contributed by atoms with E-state index in [0.29, 0.717) is 6.04 Å². The molecule has 3 rings (SSSR count). The van der Waals surface area contributed by atoms with Crippen LogP contribution < -0.4 is 5.32 Å². The standard InChI is InChI=1S/C17H23N3/c1-13-19-15-10-6-7-11-16(15)20(13)17(12-18-2)14-8-4-3-5-9-14/h3-5,8-9,17-18H,6-7,10-12H2,1-2H3. The lowest BCUT2D eigenvalue weighted by atomic mass is 9.99. The van der Waals surface area contributed by atoms with Gasteiger partial charge in [0.25, 0.3) is 0 Å². The number of nitrogens with one attached hydrogen (secondary N) is 1. The van der Waals surface area contributed by atoms with Crippen molar-refractivity contribution in [1.29, 1.82) is 0 Å². The molecule has 1 aliphatic rings. The van der Waals surface area contributed by atoms with Gasteiger partial charge in [0, 0.05) is 12.2 Å². The van der Waals surface area contributed by atoms with E-state index >= 15 is 0 Å². The van der Waals surface area contributed by atoms with Crippen LogP contribution in [0.5, 0.6) is 0 Å². The van der Waals surface area contributed by atoms with Gasteiger partial charge < -0.3 is 9.88 Å². The average molecular weight is 269 g/mol. The molecule has 1 atom stereocenters. The van der Waals surface area contributed by atoms with Crippen LogP contribution in [0, 0.1) is 6.92 Å². The highest BCUT2D eigenvalue weighted by Gasteiger charge is 2.23. The van der Waals surface area contributed by atoms with Crippen molar-refractivity contribution in [2.75, 3.05) is 13.6 Å². The minimum atomic E-state index is 0.343. The fourth-order valence-corrected chi connectivity index (χ4v) is 3.34. The molecule has 0 spiro atoms. The molecule has 3 nitrogen and oxygen atoms in total. The lowest BCUT2D eigenvalue weighted by molar-refractivity contribution is 0.508.